The molecule has 0 aliphatic carbocycles. The van der Waals surface area contributed by atoms with Gasteiger partial charge in [0.1, 0.15) is 0 Å². The molecule has 0 atom stereocenters. The lowest BCUT2D eigenvalue weighted by Gasteiger charge is -2.27. The molecule has 0 amide bonds. The van der Waals surface area contributed by atoms with Crippen LogP contribution in [0.15, 0.2) is 18.3 Å². The summed E-state index contributed by atoms with van der Waals surface area (Å²) in [6, 6.07) is 4.37. The molecule has 1 aromatic heterocycles. The number of anilines is 1. The highest BCUT2D eigenvalue weighted by molar-refractivity contribution is 5.51. The van der Waals surface area contributed by atoms with Gasteiger partial charge in [0.05, 0.1) is 32.1 Å². The van der Waals surface area contributed by atoms with Crippen molar-refractivity contribution in [2.45, 2.75) is 6.04 Å². The van der Waals surface area contributed by atoms with Crippen molar-refractivity contribution in [2.24, 2.45) is 0 Å². The number of aromatic nitrogens is 1. The fraction of sp³-hybridized carbons (Fsp3) is 0.545. The van der Waals surface area contributed by atoms with E-state index in [2.05, 4.69) is 15.6 Å². The smallest absolute Gasteiger partial charge is 0.237 e. The minimum atomic E-state index is 0.526. The predicted molar refractivity (Wildman–Crippen MR) is 61.9 cm³/mol. The van der Waals surface area contributed by atoms with Crippen LogP contribution in [0.2, 0.25) is 0 Å². The van der Waals surface area contributed by atoms with Gasteiger partial charge in [0.15, 0.2) is 0 Å². The second-order valence-corrected chi connectivity index (χ2v) is 3.68. The Morgan fingerprint density at radius 1 is 1.50 bits per heavy atom. The van der Waals surface area contributed by atoms with Gasteiger partial charge >= 0.3 is 0 Å². The van der Waals surface area contributed by atoms with Crippen LogP contribution in [0, 0.1) is 0 Å². The number of hydrogen-bond acceptors (Lipinski definition) is 5. The van der Waals surface area contributed by atoms with Crippen LogP contribution < -0.4 is 15.4 Å². The van der Waals surface area contributed by atoms with E-state index in [-0.39, 0.29) is 0 Å². The van der Waals surface area contributed by atoms with Gasteiger partial charge in [0, 0.05) is 19.3 Å². The zero-order valence-electron chi connectivity index (χ0n) is 9.40. The lowest BCUT2D eigenvalue weighted by molar-refractivity contribution is -0.00433. The molecule has 0 bridgehead atoms. The van der Waals surface area contributed by atoms with E-state index >= 15 is 0 Å². The monoisotopic (exact) mass is 223 g/mol. The topological polar surface area (TPSA) is 55.4 Å². The van der Waals surface area contributed by atoms with E-state index < -0.39 is 0 Å². The standard InChI is InChI=1S/C11H17N3O2/c1-15-11-10(3-2-4-14-11)13-6-5-12-9-7-16-8-9/h2-4,9,12-13H,5-8H2,1H3. The Bertz CT molecular complexity index is 329. The summed E-state index contributed by atoms with van der Waals surface area (Å²) in [5, 5.41) is 6.65. The van der Waals surface area contributed by atoms with Crippen LogP contribution in [-0.2, 0) is 4.74 Å². The Hall–Kier alpha value is -1.33. The summed E-state index contributed by atoms with van der Waals surface area (Å²) in [6.45, 7) is 3.41. The number of nitrogens with zero attached hydrogens (tertiary/aromatic N) is 1. The molecule has 88 valence electrons. The zero-order valence-corrected chi connectivity index (χ0v) is 9.40. The summed E-state index contributed by atoms with van der Waals surface area (Å²) in [5.74, 6) is 0.634. The molecule has 1 aromatic rings. The van der Waals surface area contributed by atoms with Crippen molar-refractivity contribution in [3.8, 4) is 5.88 Å². The summed E-state index contributed by atoms with van der Waals surface area (Å²) in [4.78, 5) is 4.11. The third-order valence-electron chi connectivity index (χ3n) is 2.48. The molecule has 1 fully saturated rings. The molecule has 16 heavy (non-hydrogen) atoms. The molecule has 0 radical (unpaired) electrons. The first-order valence-electron chi connectivity index (χ1n) is 5.44. The van der Waals surface area contributed by atoms with E-state index in [0.29, 0.717) is 11.9 Å². The first kappa shape index (κ1) is 11.2. The zero-order chi connectivity index (χ0) is 11.2. The Kier molecular flexibility index (Phi) is 3.96. The van der Waals surface area contributed by atoms with Gasteiger partial charge in [-0.2, -0.15) is 0 Å². The maximum atomic E-state index is 5.14. The number of methoxy groups -OCH3 is 1. The molecular formula is C11H17N3O2. The van der Waals surface area contributed by atoms with E-state index in [0.717, 1.165) is 32.0 Å². The molecule has 0 unspecified atom stereocenters. The highest BCUT2D eigenvalue weighted by atomic mass is 16.5. The maximum absolute atomic E-state index is 5.14. The molecule has 1 saturated heterocycles. The molecule has 1 aliphatic heterocycles. The molecule has 5 nitrogen and oxygen atoms in total. The Balaban J connectivity index is 1.71. The van der Waals surface area contributed by atoms with Crippen LogP contribution in [0.5, 0.6) is 5.88 Å². The molecule has 2 N–H and O–H groups in total. The van der Waals surface area contributed by atoms with E-state index in [4.69, 9.17) is 9.47 Å². The van der Waals surface area contributed by atoms with Gasteiger partial charge in [-0.15, -0.1) is 0 Å². The van der Waals surface area contributed by atoms with Crippen LogP contribution in [0.4, 0.5) is 5.69 Å². The number of hydrogen-bond donors (Lipinski definition) is 2. The van der Waals surface area contributed by atoms with Gasteiger partial charge in [-0.05, 0) is 12.1 Å². The van der Waals surface area contributed by atoms with Gasteiger partial charge in [0.25, 0.3) is 0 Å². The summed E-state index contributed by atoms with van der Waals surface area (Å²) in [5.41, 5.74) is 0.927. The number of nitrogens with one attached hydrogen (secondary N) is 2. The van der Waals surface area contributed by atoms with E-state index in [1.54, 1.807) is 13.3 Å². The summed E-state index contributed by atoms with van der Waals surface area (Å²) in [7, 11) is 1.62. The van der Waals surface area contributed by atoms with Gasteiger partial charge < -0.3 is 20.1 Å². The lowest BCUT2D eigenvalue weighted by atomic mass is 10.2. The maximum Gasteiger partial charge on any atom is 0.237 e. The summed E-state index contributed by atoms with van der Waals surface area (Å²) < 4.78 is 10.2. The Morgan fingerprint density at radius 3 is 3.06 bits per heavy atom. The van der Waals surface area contributed by atoms with Crippen molar-refractivity contribution in [2.75, 3.05) is 38.7 Å². The van der Waals surface area contributed by atoms with E-state index in [9.17, 15) is 0 Å². The number of ether oxygens (including phenoxy) is 2. The molecule has 5 heteroatoms. The van der Waals surface area contributed by atoms with E-state index in [1.165, 1.54) is 0 Å². The Morgan fingerprint density at radius 2 is 2.38 bits per heavy atom. The predicted octanol–water partition coefficient (Wildman–Crippen LogP) is 0.490. The van der Waals surface area contributed by atoms with Crippen LogP contribution in [-0.4, -0.2) is 44.4 Å². The van der Waals surface area contributed by atoms with Crippen molar-refractivity contribution in [3.63, 3.8) is 0 Å². The quantitative estimate of drug-likeness (QED) is 0.687. The van der Waals surface area contributed by atoms with Gasteiger partial charge in [-0.25, -0.2) is 4.98 Å². The second-order valence-electron chi connectivity index (χ2n) is 3.68. The van der Waals surface area contributed by atoms with Crippen molar-refractivity contribution in [1.29, 1.82) is 0 Å². The van der Waals surface area contributed by atoms with Gasteiger partial charge in [-0.3, -0.25) is 0 Å². The molecule has 0 saturated carbocycles. The molecule has 0 aromatic carbocycles. The van der Waals surface area contributed by atoms with Crippen molar-refractivity contribution < 1.29 is 9.47 Å². The minimum Gasteiger partial charge on any atom is -0.480 e. The van der Waals surface area contributed by atoms with Crippen molar-refractivity contribution >= 4 is 5.69 Å². The van der Waals surface area contributed by atoms with Gasteiger partial charge in [-0.1, -0.05) is 0 Å². The first-order valence-corrected chi connectivity index (χ1v) is 5.44. The summed E-state index contributed by atoms with van der Waals surface area (Å²) >= 11 is 0. The molecule has 1 aliphatic rings. The van der Waals surface area contributed by atoms with Crippen molar-refractivity contribution in [3.05, 3.63) is 18.3 Å². The minimum absolute atomic E-state index is 0.526. The normalized spacial score (nSPS) is 15.6. The van der Waals surface area contributed by atoms with Crippen LogP contribution in [0.1, 0.15) is 0 Å². The summed E-state index contributed by atoms with van der Waals surface area (Å²) in [6.07, 6.45) is 1.72. The molecule has 0 spiro atoms. The highest BCUT2D eigenvalue weighted by Gasteiger charge is 2.16. The van der Waals surface area contributed by atoms with Crippen molar-refractivity contribution in [1.82, 2.24) is 10.3 Å². The lowest BCUT2D eigenvalue weighted by Crippen LogP contribution is -2.47. The van der Waals surface area contributed by atoms with Gasteiger partial charge in [0.2, 0.25) is 5.88 Å². The average molecular weight is 223 g/mol. The Labute approximate surface area is 95.2 Å². The second kappa shape index (κ2) is 5.67. The third kappa shape index (κ3) is 2.84. The molecular weight excluding hydrogens is 206 g/mol. The fourth-order valence-electron chi connectivity index (χ4n) is 1.52. The molecule has 2 rings (SSSR count). The van der Waals surface area contributed by atoms with Crippen LogP contribution in [0.3, 0.4) is 0 Å². The van der Waals surface area contributed by atoms with Crippen LogP contribution >= 0.6 is 0 Å². The number of pyridine rings is 1. The first-order chi connectivity index (χ1) is 7.90. The third-order valence-corrected chi connectivity index (χ3v) is 2.48. The van der Waals surface area contributed by atoms with Crippen LogP contribution in [0.25, 0.3) is 0 Å². The highest BCUT2D eigenvalue weighted by Crippen LogP contribution is 2.18. The average Bonchev–Trinajstić information content (AvgIpc) is 2.27. The fourth-order valence-corrected chi connectivity index (χ4v) is 1.52. The largest absolute Gasteiger partial charge is 0.480 e. The molecule has 2 heterocycles. The number of rotatable bonds is 6. The van der Waals surface area contributed by atoms with E-state index in [1.807, 2.05) is 12.1 Å². The SMILES string of the molecule is COc1ncccc1NCCNC1COC1.